The third-order valence-electron chi connectivity index (χ3n) is 3.13. The zero-order valence-electron chi connectivity index (χ0n) is 11.7. The van der Waals surface area contributed by atoms with E-state index < -0.39 is 0 Å². The molecule has 0 bridgehead atoms. The van der Waals surface area contributed by atoms with E-state index in [1.165, 1.54) is 12.0 Å². The molecule has 104 valence electrons. The van der Waals surface area contributed by atoms with Crippen LogP contribution in [0.4, 0.5) is 0 Å². The van der Waals surface area contributed by atoms with E-state index in [2.05, 4.69) is 19.1 Å². The van der Waals surface area contributed by atoms with E-state index in [0.29, 0.717) is 6.61 Å². The van der Waals surface area contributed by atoms with Crippen molar-refractivity contribution in [1.29, 1.82) is 0 Å². The van der Waals surface area contributed by atoms with Crippen molar-refractivity contribution in [3.05, 3.63) is 23.3 Å². The van der Waals surface area contributed by atoms with Crippen molar-refractivity contribution >= 4 is 0 Å². The molecule has 1 heterocycles. The lowest BCUT2D eigenvalue weighted by molar-refractivity contribution is -0.155. The summed E-state index contributed by atoms with van der Waals surface area (Å²) in [6.07, 6.45) is 9.60. The largest absolute Gasteiger partial charge is 0.392 e. The molecular weight excluding hydrogens is 228 g/mol. The molecule has 0 aromatic rings. The van der Waals surface area contributed by atoms with E-state index >= 15 is 0 Å². The van der Waals surface area contributed by atoms with Gasteiger partial charge >= 0.3 is 0 Å². The summed E-state index contributed by atoms with van der Waals surface area (Å²) in [5, 5.41) is 8.87. The van der Waals surface area contributed by atoms with Crippen molar-refractivity contribution in [2.24, 2.45) is 0 Å². The Kier molecular flexibility index (Phi) is 7.98. The molecule has 0 aliphatic carbocycles. The topological polar surface area (TPSA) is 38.7 Å². The highest BCUT2D eigenvalue weighted by molar-refractivity contribution is 5.03. The van der Waals surface area contributed by atoms with Crippen LogP contribution in [0.5, 0.6) is 0 Å². The molecule has 0 radical (unpaired) electrons. The van der Waals surface area contributed by atoms with Gasteiger partial charge in [0.05, 0.1) is 13.2 Å². The summed E-state index contributed by atoms with van der Waals surface area (Å²) in [5.41, 5.74) is 2.36. The molecule has 1 fully saturated rings. The summed E-state index contributed by atoms with van der Waals surface area (Å²) in [6, 6.07) is 0. The second-order valence-corrected chi connectivity index (χ2v) is 4.93. The molecule has 1 aliphatic heterocycles. The normalized spacial score (nSPS) is 22.3. The van der Waals surface area contributed by atoms with Gasteiger partial charge in [0.25, 0.3) is 0 Å². The Morgan fingerprint density at radius 2 is 2.11 bits per heavy atom. The fraction of sp³-hybridized carbons (Fsp3) is 0.733. The molecule has 3 heteroatoms. The smallest absolute Gasteiger partial charge is 0.157 e. The SMILES string of the molecule is C/C(=C\CC/C(C)=C/COC1CCCCO1)CO. The van der Waals surface area contributed by atoms with E-state index in [1.54, 1.807) is 0 Å². The maximum atomic E-state index is 8.87. The summed E-state index contributed by atoms with van der Waals surface area (Å²) in [7, 11) is 0. The van der Waals surface area contributed by atoms with Gasteiger partial charge in [0, 0.05) is 6.61 Å². The van der Waals surface area contributed by atoms with Crippen LogP contribution in [-0.4, -0.2) is 31.2 Å². The van der Waals surface area contributed by atoms with Crippen molar-refractivity contribution in [3.8, 4) is 0 Å². The predicted molar refractivity (Wildman–Crippen MR) is 73.4 cm³/mol. The standard InChI is InChI=1S/C15H26O3/c1-13(6-5-7-14(2)12-16)9-11-18-15-8-3-4-10-17-15/h7,9,15-16H,3-6,8,10-12H2,1-2H3/b13-9+,14-7+. The Bertz CT molecular complexity index is 275. The lowest BCUT2D eigenvalue weighted by atomic mass is 10.1. The van der Waals surface area contributed by atoms with Crippen molar-refractivity contribution in [2.45, 2.75) is 52.2 Å². The molecule has 1 atom stereocenters. The Morgan fingerprint density at radius 3 is 2.78 bits per heavy atom. The van der Waals surface area contributed by atoms with Crippen molar-refractivity contribution in [1.82, 2.24) is 0 Å². The second-order valence-electron chi connectivity index (χ2n) is 4.93. The number of hydrogen-bond donors (Lipinski definition) is 1. The Morgan fingerprint density at radius 1 is 1.28 bits per heavy atom. The van der Waals surface area contributed by atoms with Gasteiger partial charge in [-0.3, -0.25) is 0 Å². The summed E-state index contributed by atoms with van der Waals surface area (Å²) >= 11 is 0. The number of hydrogen-bond acceptors (Lipinski definition) is 3. The molecule has 18 heavy (non-hydrogen) atoms. The minimum atomic E-state index is -0.000621. The molecule has 3 nitrogen and oxygen atoms in total. The predicted octanol–water partition coefficient (Wildman–Crippen LogP) is 3.19. The average molecular weight is 254 g/mol. The van der Waals surface area contributed by atoms with Crippen LogP contribution in [0.25, 0.3) is 0 Å². The summed E-state index contributed by atoms with van der Waals surface area (Å²) in [4.78, 5) is 0. The van der Waals surface area contributed by atoms with Crippen LogP contribution in [0.15, 0.2) is 23.3 Å². The third kappa shape index (κ3) is 6.94. The van der Waals surface area contributed by atoms with Gasteiger partial charge in [-0.2, -0.15) is 0 Å². The molecule has 1 rings (SSSR count). The molecule has 1 aliphatic rings. The maximum absolute atomic E-state index is 8.87. The molecule has 0 aromatic heterocycles. The first-order valence-electron chi connectivity index (χ1n) is 6.87. The van der Waals surface area contributed by atoms with Crippen molar-refractivity contribution < 1.29 is 14.6 Å². The zero-order valence-corrected chi connectivity index (χ0v) is 11.7. The van der Waals surface area contributed by atoms with Gasteiger partial charge in [-0.15, -0.1) is 0 Å². The van der Waals surface area contributed by atoms with E-state index in [9.17, 15) is 0 Å². The Labute approximate surface area is 110 Å². The lowest BCUT2D eigenvalue weighted by Crippen LogP contribution is -2.22. The van der Waals surface area contributed by atoms with Gasteiger partial charge < -0.3 is 14.6 Å². The van der Waals surface area contributed by atoms with E-state index in [0.717, 1.165) is 37.9 Å². The fourth-order valence-corrected chi connectivity index (χ4v) is 1.85. The van der Waals surface area contributed by atoms with E-state index in [4.69, 9.17) is 14.6 Å². The van der Waals surface area contributed by atoms with E-state index in [-0.39, 0.29) is 12.9 Å². The molecule has 1 saturated heterocycles. The number of allylic oxidation sites excluding steroid dienone is 2. The van der Waals surface area contributed by atoms with Crippen LogP contribution in [0.1, 0.15) is 46.0 Å². The minimum Gasteiger partial charge on any atom is -0.392 e. The first kappa shape index (κ1) is 15.4. The third-order valence-corrected chi connectivity index (χ3v) is 3.13. The second kappa shape index (κ2) is 9.31. The van der Waals surface area contributed by atoms with Crippen molar-refractivity contribution in [2.75, 3.05) is 19.8 Å². The molecular formula is C15H26O3. The summed E-state index contributed by atoms with van der Waals surface area (Å²) in [5.74, 6) is 0. The van der Waals surface area contributed by atoms with Gasteiger partial charge in [0.1, 0.15) is 0 Å². The minimum absolute atomic E-state index is 0.000621. The highest BCUT2D eigenvalue weighted by atomic mass is 16.7. The lowest BCUT2D eigenvalue weighted by Gasteiger charge is -2.22. The zero-order chi connectivity index (χ0) is 13.2. The summed E-state index contributed by atoms with van der Waals surface area (Å²) < 4.78 is 11.1. The molecule has 0 saturated carbocycles. The van der Waals surface area contributed by atoms with Crippen LogP contribution < -0.4 is 0 Å². The molecule has 1 N–H and O–H groups in total. The van der Waals surface area contributed by atoms with Crippen molar-refractivity contribution in [3.63, 3.8) is 0 Å². The highest BCUT2D eigenvalue weighted by Crippen LogP contribution is 2.14. The highest BCUT2D eigenvalue weighted by Gasteiger charge is 2.12. The number of ether oxygens (including phenoxy) is 2. The maximum Gasteiger partial charge on any atom is 0.157 e. The van der Waals surface area contributed by atoms with Crippen LogP contribution in [-0.2, 0) is 9.47 Å². The Balaban J connectivity index is 2.12. The van der Waals surface area contributed by atoms with Crippen LogP contribution in [0, 0.1) is 0 Å². The fourth-order valence-electron chi connectivity index (χ4n) is 1.85. The average Bonchev–Trinajstić information content (AvgIpc) is 2.39. The number of aliphatic hydroxyl groups is 1. The molecule has 1 unspecified atom stereocenters. The number of rotatable bonds is 7. The van der Waals surface area contributed by atoms with E-state index in [1.807, 2.05) is 6.92 Å². The summed E-state index contributed by atoms with van der Waals surface area (Å²) in [6.45, 7) is 5.69. The van der Waals surface area contributed by atoms with Gasteiger partial charge in [-0.1, -0.05) is 23.3 Å². The van der Waals surface area contributed by atoms with Gasteiger partial charge in [0.2, 0.25) is 0 Å². The van der Waals surface area contributed by atoms with Crippen LogP contribution in [0.2, 0.25) is 0 Å². The van der Waals surface area contributed by atoms with Gasteiger partial charge in [0.15, 0.2) is 6.29 Å². The van der Waals surface area contributed by atoms with Crippen LogP contribution in [0.3, 0.4) is 0 Å². The molecule has 0 spiro atoms. The van der Waals surface area contributed by atoms with Gasteiger partial charge in [-0.25, -0.2) is 0 Å². The quantitative estimate of drug-likeness (QED) is 0.709. The Hall–Kier alpha value is -0.640. The first-order valence-corrected chi connectivity index (χ1v) is 6.87. The molecule has 0 amide bonds. The molecule has 0 aromatic carbocycles. The number of aliphatic hydroxyl groups excluding tert-OH is 1. The van der Waals surface area contributed by atoms with Gasteiger partial charge in [-0.05, 0) is 46.0 Å². The monoisotopic (exact) mass is 254 g/mol. The first-order chi connectivity index (χ1) is 8.72. The van der Waals surface area contributed by atoms with Crippen LogP contribution >= 0.6 is 0 Å².